The van der Waals surface area contributed by atoms with Crippen LogP contribution in [-0.2, 0) is 11.3 Å². The lowest BCUT2D eigenvalue weighted by molar-refractivity contribution is 0.155. The SMILES string of the molecule is O=C(Nc1ccsc1-c1nc(C2CC2)no1)OCc1ccccc1. The van der Waals surface area contributed by atoms with Crippen molar-refractivity contribution in [3.8, 4) is 10.8 Å². The number of rotatable bonds is 5. The highest BCUT2D eigenvalue weighted by atomic mass is 32.1. The monoisotopic (exact) mass is 341 g/mol. The molecular weight excluding hydrogens is 326 g/mol. The van der Waals surface area contributed by atoms with Crippen molar-refractivity contribution in [2.24, 2.45) is 0 Å². The van der Waals surface area contributed by atoms with Gasteiger partial charge in [-0.25, -0.2) is 4.79 Å². The predicted molar refractivity (Wildman–Crippen MR) is 89.8 cm³/mol. The average Bonchev–Trinajstić information content (AvgIpc) is 3.16. The summed E-state index contributed by atoms with van der Waals surface area (Å²) in [6, 6.07) is 11.3. The molecule has 0 aliphatic heterocycles. The summed E-state index contributed by atoms with van der Waals surface area (Å²) in [6.45, 7) is 0.221. The Labute approximate surface area is 142 Å². The average molecular weight is 341 g/mol. The topological polar surface area (TPSA) is 77.3 Å². The number of anilines is 1. The molecule has 1 aliphatic carbocycles. The standard InChI is InChI=1S/C17H15N3O3S/c21-17(22-10-11-4-2-1-3-5-11)18-13-8-9-24-14(13)16-19-15(20-23-16)12-6-7-12/h1-5,8-9,12H,6-7,10H2,(H,18,21). The second-order valence-electron chi connectivity index (χ2n) is 5.58. The minimum atomic E-state index is -0.513. The number of ether oxygens (including phenoxy) is 1. The first kappa shape index (κ1) is 14.9. The second kappa shape index (κ2) is 6.45. The molecule has 1 N–H and O–H groups in total. The summed E-state index contributed by atoms with van der Waals surface area (Å²) >= 11 is 1.44. The molecule has 0 radical (unpaired) electrons. The molecule has 1 saturated carbocycles. The Morgan fingerprint density at radius 2 is 2.12 bits per heavy atom. The predicted octanol–water partition coefficient (Wildman–Crippen LogP) is 4.42. The fourth-order valence-electron chi connectivity index (χ4n) is 2.28. The van der Waals surface area contributed by atoms with Gasteiger partial charge in [-0.1, -0.05) is 35.5 Å². The van der Waals surface area contributed by atoms with Crippen molar-refractivity contribution in [3.63, 3.8) is 0 Å². The molecule has 1 aliphatic rings. The van der Waals surface area contributed by atoms with Crippen LogP contribution < -0.4 is 5.32 Å². The summed E-state index contributed by atoms with van der Waals surface area (Å²) in [5, 5.41) is 8.61. The van der Waals surface area contributed by atoms with Crippen molar-refractivity contribution in [2.75, 3.05) is 5.32 Å². The zero-order valence-electron chi connectivity index (χ0n) is 12.8. The largest absolute Gasteiger partial charge is 0.444 e. The van der Waals surface area contributed by atoms with Gasteiger partial charge in [0.15, 0.2) is 5.82 Å². The van der Waals surface area contributed by atoms with Gasteiger partial charge >= 0.3 is 6.09 Å². The van der Waals surface area contributed by atoms with Crippen molar-refractivity contribution < 1.29 is 14.1 Å². The summed E-state index contributed by atoms with van der Waals surface area (Å²) < 4.78 is 10.6. The maximum Gasteiger partial charge on any atom is 0.412 e. The number of aromatic nitrogens is 2. The molecule has 1 fully saturated rings. The van der Waals surface area contributed by atoms with Gasteiger partial charge < -0.3 is 9.26 Å². The van der Waals surface area contributed by atoms with Crippen LogP contribution in [0.2, 0.25) is 0 Å². The lowest BCUT2D eigenvalue weighted by atomic mass is 10.2. The number of carbonyl (C=O) groups is 1. The van der Waals surface area contributed by atoms with E-state index in [9.17, 15) is 4.79 Å². The third kappa shape index (κ3) is 3.30. The quantitative estimate of drug-likeness (QED) is 0.743. The van der Waals surface area contributed by atoms with E-state index in [-0.39, 0.29) is 6.61 Å². The molecule has 0 atom stereocenters. The number of thiophene rings is 1. The first-order chi connectivity index (χ1) is 11.8. The molecule has 122 valence electrons. The van der Waals surface area contributed by atoms with Gasteiger partial charge in [-0.05, 0) is 29.9 Å². The Morgan fingerprint density at radius 1 is 1.29 bits per heavy atom. The Morgan fingerprint density at radius 3 is 2.92 bits per heavy atom. The molecule has 0 bridgehead atoms. The van der Waals surface area contributed by atoms with Crippen LogP contribution in [0.4, 0.5) is 10.5 Å². The van der Waals surface area contributed by atoms with E-state index in [1.807, 2.05) is 35.7 Å². The first-order valence-corrected chi connectivity index (χ1v) is 8.57. The smallest absolute Gasteiger partial charge is 0.412 e. The van der Waals surface area contributed by atoms with Crippen LogP contribution in [0, 0.1) is 0 Å². The molecule has 1 aromatic carbocycles. The zero-order valence-corrected chi connectivity index (χ0v) is 13.6. The highest BCUT2D eigenvalue weighted by molar-refractivity contribution is 7.14. The highest BCUT2D eigenvalue weighted by Gasteiger charge is 2.29. The Bertz CT molecular complexity index is 840. The molecule has 0 spiro atoms. The first-order valence-electron chi connectivity index (χ1n) is 7.69. The number of hydrogen-bond donors (Lipinski definition) is 1. The van der Waals surface area contributed by atoms with E-state index in [4.69, 9.17) is 9.26 Å². The van der Waals surface area contributed by atoms with Gasteiger partial charge in [0.05, 0.1) is 5.69 Å². The molecule has 4 rings (SSSR count). The molecule has 24 heavy (non-hydrogen) atoms. The number of benzene rings is 1. The highest BCUT2D eigenvalue weighted by Crippen LogP contribution is 2.40. The lowest BCUT2D eigenvalue weighted by Gasteiger charge is -2.06. The number of nitrogens with zero attached hydrogens (tertiary/aromatic N) is 2. The van der Waals surface area contributed by atoms with Crippen LogP contribution >= 0.6 is 11.3 Å². The van der Waals surface area contributed by atoms with E-state index >= 15 is 0 Å². The zero-order chi connectivity index (χ0) is 16.4. The number of amides is 1. The van der Waals surface area contributed by atoms with Crippen molar-refractivity contribution in [2.45, 2.75) is 25.4 Å². The van der Waals surface area contributed by atoms with Gasteiger partial charge in [0, 0.05) is 5.92 Å². The van der Waals surface area contributed by atoms with Gasteiger partial charge in [-0.15, -0.1) is 11.3 Å². The molecule has 2 aromatic heterocycles. The number of carbonyl (C=O) groups excluding carboxylic acids is 1. The third-order valence-electron chi connectivity index (χ3n) is 3.69. The number of hydrogen-bond acceptors (Lipinski definition) is 6. The summed E-state index contributed by atoms with van der Waals surface area (Å²) in [7, 11) is 0. The summed E-state index contributed by atoms with van der Waals surface area (Å²) in [5.74, 6) is 1.61. The molecule has 6 nitrogen and oxygen atoms in total. The van der Waals surface area contributed by atoms with Gasteiger partial charge in [0.2, 0.25) is 0 Å². The number of nitrogens with one attached hydrogen (secondary N) is 1. The molecule has 3 aromatic rings. The van der Waals surface area contributed by atoms with Gasteiger partial charge in [0.1, 0.15) is 11.5 Å². The lowest BCUT2D eigenvalue weighted by Crippen LogP contribution is -2.13. The molecule has 0 saturated heterocycles. The van der Waals surface area contributed by atoms with E-state index in [2.05, 4.69) is 15.5 Å². The summed E-state index contributed by atoms with van der Waals surface area (Å²) in [6.07, 6.45) is 1.71. The van der Waals surface area contributed by atoms with Gasteiger partial charge in [0.25, 0.3) is 5.89 Å². The minimum absolute atomic E-state index is 0.221. The van der Waals surface area contributed by atoms with Crippen molar-refractivity contribution in [1.82, 2.24) is 10.1 Å². The maximum atomic E-state index is 12.0. The summed E-state index contributed by atoms with van der Waals surface area (Å²) in [5.41, 5.74) is 1.55. The normalized spacial score (nSPS) is 13.7. The third-order valence-corrected chi connectivity index (χ3v) is 4.60. The molecule has 0 unspecified atom stereocenters. The maximum absolute atomic E-state index is 12.0. The van der Waals surface area contributed by atoms with Crippen molar-refractivity contribution in [3.05, 3.63) is 53.2 Å². The Kier molecular flexibility index (Phi) is 4.00. The van der Waals surface area contributed by atoms with Crippen LogP contribution in [-0.4, -0.2) is 16.2 Å². The van der Waals surface area contributed by atoms with Gasteiger partial charge in [-0.2, -0.15) is 4.98 Å². The van der Waals surface area contributed by atoms with E-state index < -0.39 is 6.09 Å². The Hall–Kier alpha value is -2.67. The van der Waals surface area contributed by atoms with Crippen LogP contribution in [0.15, 0.2) is 46.3 Å². The Balaban J connectivity index is 1.41. The fraction of sp³-hybridized carbons (Fsp3) is 0.235. The molecule has 7 heteroatoms. The van der Waals surface area contributed by atoms with Crippen molar-refractivity contribution >= 4 is 23.1 Å². The van der Waals surface area contributed by atoms with Crippen LogP contribution in [0.1, 0.15) is 30.1 Å². The van der Waals surface area contributed by atoms with Crippen molar-refractivity contribution in [1.29, 1.82) is 0 Å². The van der Waals surface area contributed by atoms with E-state index in [1.54, 1.807) is 6.07 Å². The van der Waals surface area contributed by atoms with Crippen LogP contribution in [0.5, 0.6) is 0 Å². The van der Waals surface area contributed by atoms with Crippen LogP contribution in [0.25, 0.3) is 10.8 Å². The summed E-state index contributed by atoms with van der Waals surface area (Å²) in [4.78, 5) is 17.2. The van der Waals surface area contributed by atoms with E-state index in [1.165, 1.54) is 11.3 Å². The molecule has 1 amide bonds. The minimum Gasteiger partial charge on any atom is -0.444 e. The van der Waals surface area contributed by atoms with E-state index in [0.717, 1.165) is 29.1 Å². The molecule has 2 heterocycles. The van der Waals surface area contributed by atoms with E-state index in [0.29, 0.717) is 17.5 Å². The van der Waals surface area contributed by atoms with Gasteiger partial charge in [-0.3, -0.25) is 5.32 Å². The molecular formula is C17H15N3O3S. The van der Waals surface area contributed by atoms with Crippen LogP contribution in [0.3, 0.4) is 0 Å². The fourth-order valence-corrected chi connectivity index (χ4v) is 3.05. The second-order valence-corrected chi connectivity index (χ2v) is 6.50.